The summed E-state index contributed by atoms with van der Waals surface area (Å²) in [6.45, 7) is 6.18. The van der Waals surface area contributed by atoms with Gasteiger partial charge < -0.3 is 10.1 Å². The maximum absolute atomic E-state index is 12.6. The van der Waals surface area contributed by atoms with Gasteiger partial charge in [0.15, 0.2) is 0 Å². The van der Waals surface area contributed by atoms with Gasteiger partial charge in [-0.15, -0.1) is 0 Å². The third-order valence-electron chi connectivity index (χ3n) is 3.99. The first kappa shape index (κ1) is 17.7. The lowest BCUT2D eigenvalue weighted by Crippen LogP contribution is -2.30. The van der Waals surface area contributed by atoms with Crippen LogP contribution in [-0.4, -0.2) is 22.9 Å². The molecule has 2 aromatic rings. The van der Waals surface area contributed by atoms with Crippen LogP contribution in [0.5, 0.6) is 5.75 Å². The van der Waals surface area contributed by atoms with Crippen molar-refractivity contribution in [2.45, 2.75) is 33.4 Å². The highest BCUT2D eigenvalue weighted by atomic mass is 16.5. The molecule has 1 fully saturated rings. The molecule has 0 saturated carbocycles. The molecule has 0 bridgehead atoms. The topological polar surface area (TPSA) is 58.6 Å². The number of hydrogen-bond acceptors (Lipinski definition) is 3. The molecule has 0 spiro atoms. The van der Waals surface area contributed by atoms with Gasteiger partial charge in [-0.25, -0.2) is 4.79 Å². The molecule has 26 heavy (non-hydrogen) atoms. The van der Waals surface area contributed by atoms with Crippen LogP contribution in [0.3, 0.4) is 0 Å². The Hall–Kier alpha value is -3.08. The molecule has 5 heteroatoms. The minimum atomic E-state index is -0.401. The highest BCUT2D eigenvalue weighted by Gasteiger charge is 2.33. The van der Waals surface area contributed by atoms with E-state index in [4.69, 9.17) is 4.74 Å². The zero-order valence-electron chi connectivity index (χ0n) is 15.2. The molecule has 3 rings (SSSR count). The molecular formula is C21H22N2O3. The Labute approximate surface area is 153 Å². The van der Waals surface area contributed by atoms with E-state index in [0.29, 0.717) is 0 Å². The van der Waals surface area contributed by atoms with Gasteiger partial charge in [-0.05, 0) is 50.1 Å². The number of benzene rings is 2. The number of hydrogen-bond donors (Lipinski definition) is 1. The lowest BCUT2D eigenvalue weighted by atomic mass is 10.1. The molecule has 134 valence electrons. The lowest BCUT2D eigenvalue weighted by molar-refractivity contribution is -0.123. The van der Waals surface area contributed by atoms with Crippen molar-refractivity contribution in [3.8, 4) is 5.75 Å². The van der Waals surface area contributed by atoms with Crippen LogP contribution in [0.25, 0.3) is 6.08 Å². The molecule has 0 unspecified atom stereocenters. The molecular weight excluding hydrogens is 328 g/mol. The predicted molar refractivity (Wildman–Crippen MR) is 100 cm³/mol. The van der Waals surface area contributed by atoms with Crippen molar-refractivity contribution >= 4 is 18.0 Å². The second-order valence-electron chi connectivity index (χ2n) is 6.60. The van der Waals surface area contributed by atoms with E-state index < -0.39 is 6.03 Å². The number of nitrogens with one attached hydrogen (secondary N) is 1. The molecule has 3 amide bonds. The molecule has 0 aromatic heterocycles. The summed E-state index contributed by atoms with van der Waals surface area (Å²) in [5.74, 6) is 0.447. The Bertz CT molecular complexity index is 837. The fraction of sp³-hybridized carbons (Fsp3) is 0.238. The molecule has 1 heterocycles. The smallest absolute Gasteiger partial charge is 0.329 e. The second kappa shape index (κ2) is 7.44. The zero-order chi connectivity index (χ0) is 18.7. The van der Waals surface area contributed by atoms with Gasteiger partial charge in [-0.1, -0.05) is 42.0 Å². The molecule has 1 N–H and O–H groups in total. The quantitative estimate of drug-likeness (QED) is 0.658. The number of nitrogens with zero attached hydrogens (tertiary/aromatic N) is 1. The number of imide groups is 1. The van der Waals surface area contributed by atoms with Gasteiger partial charge >= 0.3 is 6.03 Å². The first-order valence-electron chi connectivity index (χ1n) is 8.59. The van der Waals surface area contributed by atoms with Crippen LogP contribution in [-0.2, 0) is 11.3 Å². The Morgan fingerprint density at radius 1 is 1.04 bits per heavy atom. The zero-order valence-corrected chi connectivity index (χ0v) is 15.2. The Balaban J connectivity index is 1.73. The van der Waals surface area contributed by atoms with Crippen molar-refractivity contribution in [2.75, 3.05) is 0 Å². The van der Waals surface area contributed by atoms with Gasteiger partial charge in [0.25, 0.3) is 5.91 Å². The van der Waals surface area contributed by atoms with Crippen molar-refractivity contribution in [1.82, 2.24) is 10.2 Å². The van der Waals surface area contributed by atoms with Gasteiger partial charge in [-0.2, -0.15) is 0 Å². The monoisotopic (exact) mass is 350 g/mol. The summed E-state index contributed by atoms with van der Waals surface area (Å²) < 4.78 is 5.60. The van der Waals surface area contributed by atoms with Crippen LogP contribution in [0.4, 0.5) is 4.79 Å². The fourth-order valence-electron chi connectivity index (χ4n) is 2.67. The molecule has 0 aliphatic carbocycles. The van der Waals surface area contributed by atoms with E-state index in [9.17, 15) is 9.59 Å². The summed E-state index contributed by atoms with van der Waals surface area (Å²) in [5, 5.41) is 2.65. The van der Waals surface area contributed by atoms with E-state index in [0.717, 1.165) is 22.4 Å². The van der Waals surface area contributed by atoms with E-state index in [-0.39, 0.29) is 24.3 Å². The van der Waals surface area contributed by atoms with E-state index in [1.165, 1.54) is 4.90 Å². The number of carbonyl (C=O) groups excluding carboxylic acids is 2. The summed E-state index contributed by atoms with van der Waals surface area (Å²) in [7, 11) is 0. The second-order valence-corrected chi connectivity index (χ2v) is 6.60. The van der Waals surface area contributed by atoms with Crippen LogP contribution in [0.2, 0.25) is 0 Å². The minimum Gasteiger partial charge on any atom is -0.491 e. The number of urea groups is 1. The van der Waals surface area contributed by atoms with E-state index >= 15 is 0 Å². The van der Waals surface area contributed by atoms with Gasteiger partial charge in [0, 0.05) is 0 Å². The molecule has 0 atom stereocenters. The van der Waals surface area contributed by atoms with Crippen molar-refractivity contribution in [3.05, 3.63) is 70.9 Å². The Morgan fingerprint density at radius 3 is 2.31 bits per heavy atom. The molecule has 0 radical (unpaired) electrons. The van der Waals surface area contributed by atoms with Crippen LogP contribution in [0.15, 0.2) is 54.2 Å². The molecule has 1 aliphatic heterocycles. The van der Waals surface area contributed by atoms with E-state index in [1.807, 2.05) is 69.3 Å². The van der Waals surface area contributed by atoms with Crippen molar-refractivity contribution in [3.63, 3.8) is 0 Å². The number of rotatable bonds is 5. The predicted octanol–water partition coefficient (Wildman–Crippen LogP) is 3.88. The number of ether oxygens (including phenoxy) is 1. The summed E-state index contributed by atoms with van der Waals surface area (Å²) >= 11 is 0. The highest BCUT2D eigenvalue weighted by molar-refractivity contribution is 6.13. The third-order valence-corrected chi connectivity index (χ3v) is 3.99. The van der Waals surface area contributed by atoms with Crippen LogP contribution in [0, 0.1) is 6.92 Å². The standard InChI is InChI=1S/C21H22N2O3/c1-14(2)26-18-10-8-16(9-11-18)12-19-20(24)23(21(25)22-19)13-17-6-4-15(3)5-7-17/h4-12,14H,13H2,1-3H3,(H,22,25)/b19-12+. The minimum absolute atomic E-state index is 0.102. The number of carbonyl (C=O) groups is 2. The van der Waals surface area contributed by atoms with E-state index in [2.05, 4.69) is 5.32 Å². The summed E-state index contributed by atoms with van der Waals surface area (Å²) in [6, 6.07) is 14.8. The SMILES string of the molecule is Cc1ccc(CN2C(=O)N/C(=C/c3ccc(OC(C)C)cc3)C2=O)cc1. The maximum atomic E-state index is 12.6. The highest BCUT2D eigenvalue weighted by Crippen LogP contribution is 2.19. The molecule has 5 nitrogen and oxygen atoms in total. The molecule has 1 aliphatic rings. The fourth-order valence-corrected chi connectivity index (χ4v) is 2.67. The van der Waals surface area contributed by atoms with Gasteiger partial charge in [0.2, 0.25) is 0 Å². The van der Waals surface area contributed by atoms with Gasteiger partial charge in [0.1, 0.15) is 11.4 Å². The van der Waals surface area contributed by atoms with Crippen molar-refractivity contribution < 1.29 is 14.3 Å². The number of aryl methyl sites for hydroxylation is 1. The first-order valence-corrected chi connectivity index (χ1v) is 8.59. The average Bonchev–Trinajstić information content (AvgIpc) is 2.85. The Kier molecular flexibility index (Phi) is 5.07. The first-order chi connectivity index (χ1) is 12.4. The van der Waals surface area contributed by atoms with E-state index in [1.54, 1.807) is 6.08 Å². The lowest BCUT2D eigenvalue weighted by Gasteiger charge is -2.11. The van der Waals surface area contributed by atoms with Gasteiger partial charge in [0.05, 0.1) is 12.6 Å². The number of amides is 3. The van der Waals surface area contributed by atoms with Crippen LogP contribution in [0.1, 0.15) is 30.5 Å². The maximum Gasteiger partial charge on any atom is 0.329 e. The van der Waals surface area contributed by atoms with Crippen molar-refractivity contribution in [1.29, 1.82) is 0 Å². The average molecular weight is 350 g/mol. The normalized spacial score (nSPS) is 15.7. The Morgan fingerprint density at radius 2 is 1.69 bits per heavy atom. The van der Waals surface area contributed by atoms with Crippen LogP contribution >= 0.6 is 0 Å². The van der Waals surface area contributed by atoms with Crippen LogP contribution < -0.4 is 10.1 Å². The molecule has 2 aromatic carbocycles. The molecule has 1 saturated heterocycles. The third kappa shape index (κ3) is 4.11. The summed E-state index contributed by atoms with van der Waals surface area (Å²) in [4.78, 5) is 25.9. The summed E-state index contributed by atoms with van der Waals surface area (Å²) in [6.07, 6.45) is 1.78. The van der Waals surface area contributed by atoms with Gasteiger partial charge in [-0.3, -0.25) is 9.69 Å². The largest absolute Gasteiger partial charge is 0.491 e. The summed E-state index contributed by atoms with van der Waals surface area (Å²) in [5.41, 5.74) is 3.15. The van der Waals surface area contributed by atoms with Crippen molar-refractivity contribution in [2.24, 2.45) is 0 Å².